The van der Waals surface area contributed by atoms with Crippen LogP contribution >= 0.6 is 15.9 Å². The number of hydrogen-bond donors (Lipinski definition) is 1. The van der Waals surface area contributed by atoms with E-state index >= 15 is 0 Å². The third-order valence-corrected chi connectivity index (χ3v) is 3.76. The van der Waals surface area contributed by atoms with Gasteiger partial charge in [0.15, 0.2) is 0 Å². The van der Waals surface area contributed by atoms with Gasteiger partial charge in [-0.05, 0) is 42.8 Å². The second-order valence-corrected chi connectivity index (χ2v) is 5.05. The van der Waals surface area contributed by atoms with E-state index in [1.165, 1.54) is 11.6 Å². The first-order valence-corrected chi connectivity index (χ1v) is 6.66. The normalized spacial score (nSPS) is 12.4. The van der Waals surface area contributed by atoms with Crippen molar-refractivity contribution in [3.63, 3.8) is 0 Å². The fourth-order valence-corrected chi connectivity index (χ4v) is 2.40. The molecular formula is C15H15BrFN. The standard InChI is InChI=1S/C15H15BrFN/c1-18-15(11-5-3-2-4-6-11)10-12-9-13(17)7-8-14(12)16/h2-9,15,18H,10H2,1H3. The van der Waals surface area contributed by atoms with Crippen molar-refractivity contribution >= 4 is 15.9 Å². The van der Waals surface area contributed by atoms with Crippen LogP contribution in [0.3, 0.4) is 0 Å². The van der Waals surface area contributed by atoms with Gasteiger partial charge in [-0.1, -0.05) is 46.3 Å². The minimum absolute atomic E-state index is 0.185. The summed E-state index contributed by atoms with van der Waals surface area (Å²) in [5.41, 5.74) is 2.18. The summed E-state index contributed by atoms with van der Waals surface area (Å²) in [7, 11) is 1.92. The minimum Gasteiger partial charge on any atom is -0.313 e. The Balaban J connectivity index is 2.23. The summed E-state index contributed by atoms with van der Waals surface area (Å²) < 4.78 is 14.2. The summed E-state index contributed by atoms with van der Waals surface area (Å²) in [6.45, 7) is 0. The van der Waals surface area contributed by atoms with Crippen molar-refractivity contribution in [2.45, 2.75) is 12.5 Å². The van der Waals surface area contributed by atoms with E-state index in [4.69, 9.17) is 0 Å². The van der Waals surface area contributed by atoms with E-state index in [1.807, 2.05) is 25.2 Å². The van der Waals surface area contributed by atoms with Crippen LogP contribution in [0, 0.1) is 5.82 Å². The number of hydrogen-bond acceptors (Lipinski definition) is 1. The van der Waals surface area contributed by atoms with Crippen molar-refractivity contribution in [3.8, 4) is 0 Å². The summed E-state index contributed by atoms with van der Waals surface area (Å²) in [6, 6.07) is 15.2. The van der Waals surface area contributed by atoms with Gasteiger partial charge in [-0.15, -0.1) is 0 Å². The Labute approximate surface area is 115 Å². The molecule has 18 heavy (non-hydrogen) atoms. The lowest BCUT2D eigenvalue weighted by atomic mass is 9.99. The second-order valence-electron chi connectivity index (χ2n) is 4.19. The molecule has 0 saturated heterocycles. The molecule has 0 aliphatic carbocycles. The molecule has 0 fully saturated rings. The zero-order valence-corrected chi connectivity index (χ0v) is 11.7. The molecule has 0 saturated carbocycles. The maximum Gasteiger partial charge on any atom is 0.123 e. The average molecular weight is 308 g/mol. The average Bonchev–Trinajstić information content (AvgIpc) is 2.41. The largest absolute Gasteiger partial charge is 0.313 e. The third kappa shape index (κ3) is 3.18. The quantitative estimate of drug-likeness (QED) is 0.897. The first-order chi connectivity index (χ1) is 8.70. The van der Waals surface area contributed by atoms with Crippen LogP contribution in [-0.4, -0.2) is 7.05 Å². The van der Waals surface area contributed by atoms with Gasteiger partial charge in [0.1, 0.15) is 5.82 Å². The summed E-state index contributed by atoms with van der Waals surface area (Å²) in [4.78, 5) is 0. The van der Waals surface area contributed by atoms with Gasteiger partial charge in [0.05, 0.1) is 0 Å². The van der Waals surface area contributed by atoms with Gasteiger partial charge in [0.25, 0.3) is 0 Å². The summed E-state index contributed by atoms with van der Waals surface area (Å²) >= 11 is 3.47. The highest BCUT2D eigenvalue weighted by atomic mass is 79.9. The zero-order chi connectivity index (χ0) is 13.0. The zero-order valence-electron chi connectivity index (χ0n) is 10.2. The fraction of sp³-hybridized carbons (Fsp3) is 0.200. The molecule has 0 radical (unpaired) electrons. The lowest BCUT2D eigenvalue weighted by Crippen LogP contribution is -2.19. The van der Waals surface area contributed by atoms with Gasteiger partial charge in [-0.3, -0.25) is 0 Å². The summed E-state index contributed by atoms with van der Waals surface area (Å²) in [5.74, 6) is -0.198. The van der Waals surface area contributed by atoms with Crippen molar-refractivity contribution < 1.29 is 4.39 Å². The van der Waals surface area contributed by atoms with E-state index in [2.05, 4.69) is 33.4 Å². The number of likely N-dealkylation sites (N-methyl/N-ethyl adjacent to an activating group) is 1. The predicted molar refractivity (Wildman–Crippen MR) is 76.0 cm³/mol. The van der Waals surface area contributed by atoms with Gasteiger partial charge in [0.2, 0.25) is 0 Å². The highest BCUT2D eigenvalue weighted by Crippen LogP contribution is 2.24. The molecule has 0 bridgehead atoms. The van der Waals surface area contributed by atoms with Crippen LogP contribution in [0.5, 0.6) is 0 Å². The maximum absolute atomic E-state index is 13.3. The van der Waals surface area contributed by atoms with Crippen LogP contribution < -0.4 is 5.32 Å². The Bertz CT molecular complexity index is 513. The molecule has 2 aromatic carbocycles. The smallest absolute Gasteiger partial charge is 0.123 e. The highest BCUT2D eigenvalue weighted by molar-refractivity contribution is 9.10. The van der Waals surface area contributed by atoms with Crippen LogP contribution in [0.4, 0.5) is 4.39 Å². The molecule has 0 aliphatic rings. The van der Waals surface area contributed by atoms with Gasteiger partial charge in [-0.25, -0.2) is 4.39 Å². The van der Waals surface area contributed by atoms with E-state index in [-0.39, 0.29) is 11.9 Å². The second kappa shape index (κ2) is 6.12. The third-order valence-electron chi connectivity index (χ3n) is 2.98. The van der Waals surface area contributed by atoms with E-state index < -0.39 is 0 Å². The van der Waals surface area contributed by atoms with E-state index in [9.17, 15) is 4.39 Å². The van der Waals surface area contributed by atoms with Gasteiger partial charge < -0.3 is 5.32 Å². The Morgan fingerprint density at radius 2 is 1.89 bits per heavy atom. The van der Waals surface area contributed by atoms with Crippen molar-refractivity contribution in [1.29, 1.82) is 0 Å². The van der Waals surface area contributed by atoms with Crippen molar-refractivity contribution in [3.05, 3.63) is 69.9 Å². The molecule has 0 aromatic heterocycles. The molecule has 0 amide bonds. The van der Waals surface area contributed by atoms with Crippen LogP contribution in [0.15, 0.2) is 53.0 Å². The Hall–Kier alpha value is -1.19. The lowest BCUT2D eigenvalue weighted by molar-refractivity contribution is 0.583. The van der Waals surface area contributed by atoms with Gasteiger partial charge in [-0.2, -0.15) is 0 Å². The molecule has 1 unspecified atom stereocenters. The van der Waals surface area contributed by atoms with E-state index in [1.54, 1.807) is 12.1 Å². The van der Waals surface area contributed by atoms with E-state index in [0.29, 0.717) is 0 Å². The number of benzene rings is 2. The first-order valence-electron chi connectivity index (χ1n) is 5.87. The molecule has 3 heteroatoms. The van der Waals surface area contributed by atoms with Gasteiger partial charge >= 0.3 is 0 Å². The monoisotopic (exact) mass is 307 g/mol. The molecule has 2 rings (SSSR count). The molecule has 0 spiro atoms. The number of halogens is 2. The Kier molecular flexibility index (Phi) is 4.50. The SMILES string of the molecule is CNC(Cc1cc(F)ccc1Br)c1ccccc1. The maximum atomic E-state index is 13.3. The Morgan fingerprint density at radius 1 is 1.17 bits per heavy atom. The molecule has 0 aliphatic heterocycles. The minimum atomic E-state index is -0.198. The molecule has 0 heterocycles. The number of nitrogens with one attached hydrogen (secondary N) is 1. The molecule has 1 atom stereocenters. The first kappa shape index (κ1) is 13.2. The van der Waals surface area contributed by atoms with E-state index in [0.717, 1.165) is 16.5 Å². The number of rotatable bonds is 4. The Morgan fingerprint density at radius 3 is 2.56 bits per heavy atom. The van der Waals surface area contributed by atoms with Crippen molar-refractivity contribution in [1.82, 2.24) is 5.32 Å². The van der Waals surface area contributed by atoms with Crippen LogP contribution in [0.1, 0.15) is 17.2 Å². The summed E-state index contributed by atoms with van der Waals surface area (Å²) in [5, 5.41) is 3.27. The molecular weight excluding hydrogens is 293 g/mol. The van der Waals surface area contributed by atoms with Crippen molar-refractivity contribution in [2.24, 2.45) is 0 Å². The summed E-state index contributed by atoms with van der Waals surface area (Å²) in [6.07, 6.45) is 0.749. The van der Waals surface area contributed by atoms with Crippen molar-refractivity contribution in [2.75, 3.05) is 7.05 Å². The van der Waals surface area contributed by atoms with Crippen LogP contribution in [0.2, 0.25) is 0 Å². The van der Waals surface area contributed by atoms with Crippen LogP contribution in [0.25, 0.3) is 0 Å². The molecule has 1 nitrogen and oxygen atoms in total. The lowest BCUT2D eigenvalue weighted by Gasteiger charge is -2.17. The highest BCUT2D eigenvalue weighted by Gasteiger charge is 2.12. The molecule has 1 N–H and O–H groups in total. The molecule has 94 valence electrons. The van der Waals surface area contributed by atoms with Crippen LogP contribution in [-0.2, 0) is 6.42 Å². The topological polar surface area (TPSA) is 12.0 Å². The molecule has 2 aromatic rings. The fourth-order valence-electron chi connectivity index (χ4n) is 1.99. The predicted octanol–water partition coefficient (Wildman–Crippen LogP) is 4.09. The van der Waals surface area contributed by atoms with Gasteiger partial charge in [0, 0.05) is 10.5 Å².